The van der Waals surface area contributed by atoms with E-state index >= 15 is 0 Å². The third-order valence-corrected chi connectivity index (χ3v) is 5.83. The van der Waals surface area contributed by atoms with Gasteiger partial charge in [0.1, 0.15) is 0 Å². The molecule has 0 radical (unpaired) electrons. The zero-order valence-corrected chi connectivity index (χ0v) is 19.3. The van der Waals surface area contributed by atoms with Gasteiger partial charge in [-0.05, 0) is 49.3 Å². The summed E-state index contributed by atoms with van der Waals surface area (Å²) in [5, 5.41) is 7.80. The Morgan fingerprint density at radius 2 is 1.55 bits per heavy atom. The van der Waals surface area contributed by atoms with Gasteiger partial charge in [0.15, 0.2) is 0 Å². The van der Waals surface area contributed by atoms with Crippen LogP contribution in [0.4, 0.5) is 0 Å². The van der Waals surface area contributed by atoms with Crippen LogP contribution in [-0.2, 0) is 17.8 Å². The van der Waals surface area contributed by atoms with E-state index in [-0.39, 0.29) is 11.8 Å². The number of aromatic nitrogens is 2. The molecule has 0 unspecified atom stereocenters. The highest BCUT2D eigenvalue weighted by Crippen LogP contribution is 2.27. The van der Waals surface area contributed by atoms with E-state index < -0.39 is 0 Å². The van der Waals surface area contributed by atoms with Gasteiger partial charge in [0.05, 0.1) is 5.69 Å². The number of benzene rings is 2. The predicted octanol–water partition coefficient (Wildman–Crippen LogP) is 5.43. The van der Waals surface area contributed by atoms with Gasteiger partial charge < -0.3 is 5.32 Å². The number of hydrogen-bond acceptors (Lipinski definition) is 2. The van der Waals surface area contributed by atoms with Crippen molar-refractivity contribution in [1.82, 2.24) is 15.1 Å². The average molecular weight is 418 g/mol. The summed E-state index contributed by atoms with van der Waals surface area (Å²) in [7, 11) is 0. The van der Waals surface area contributed by atoms with Crippen LogP contribution in [0, 0.1) is 19.8 Å². The molecule has 2 aromatic carbocycles. The minimum Gasteiger partial charge on any atom is -0.356 e. The van der Waals surface area contributed by atoms with Crippen molar-refractivity contribution in [3.63, 3.8) is 0 Å². The number of amides is 1. The molecule has 1 aromatic heterocycles. The third-order valence-electron chi connectivity index (χ3n) is 5.83. The SMILES string of the molecule is Cc1nn(CC(C)C)c(C)c1CCC(=O)NCCC(c1ccccc1)c1ccccc1. The molecular weight excluding hydrogens is 382 g/mol. The zero-order valence-electron chi connectivity index (χ0n) is 19.3. The summed E-state index contributed by atoms with van der Waals surface area (Å²) in [6.45, 7) is 10.1. The van der Waals surface area contributed by atoms with Crippen molar-refractivity contribution in [2.75, 3.05) is 6.54 Å². The molecule has 31 heavy (non-hydrogen) atoms. The molecule has 1 heterocycles. The van der Waals surface area contributed by atoms with Gasteiger partial charge in [-0.1, -0.05) is 74.5 Å². The molecule has 0 saturated carbocycles. The lowest BCUT2D eigenvalue weighted by Gasteiger charge is -2.18. The Bertz CT molecular complexity index is 921. The third kappa shape index (κ3) is 6.30. The molecule has 0 spiro atoms. The molecule has 0 aliphatic carbocycles. The van der Waals surface area contributed by atoms with Crippen LogP contribution in [0.2, 0.25) is 0 Å². The first-order chi connectivity index (χ1) is 15.0. The molecule has 4 heteroatoms. The van der Waals surface area contributed by atoms with E-state index in [4.69, 9.17) is 0 Å². The largest absolute Gasteiger partial charge is 0.356 e. The van der Waals surface area contributed by atoms with Crippen molar-refractivity contribution >= 4 is 5.91 Å². The molecule has 0 aliphatic rings. The fourth-order valence-corrected chi connectivity index (χ4v) is 4.20. The summed E-state index contributed by atoms with van der Waals surface area (Å²) < 4.78 is 2.08. The highest BCUT2D eigenvalue weighted by Gasteiger charge is 2.16. The minimum absolute atomic E-state index is 0.107. The second-order valence-corrected chi connectivity index (χ2v) is 8.74. The van der Waals surface area contributed by atoms with Crippen LogP contribution in [-0.4, -0.2) is 22.2 Å². The van der Waals surface area contributed by atoms with Gasteiger partial charge in [0.2, 0.25) is 5.91 Å². The smallest absolute Gasteiger partial charge is 0.220 e. The van der Waals surface area contributed by atoms with E-state index in [9.17, 15) is 4.79 Å². The van der Waals surface area contributed by atoms with E-state index in [2.05, 4.69) is 84.4 Å². The first-order valence-corrected chi connectivity index (χ1v) is 11.3. The first kappa shape index (κ1) is 22.8. The topological polar surface area (TPSA) is 46.9 Å². The van der Waals surface area contributed by atoms with Gasteiger partial charge in [-0.3, -0.25) is 9.48 Å². The number of aryl methyl sites for hydroxylation is 1. The van der Waals surface area contributed by atoms with Crippen molar-refractivity contribution in [1.29, 1.82) is 0 Å². The Morgan fingerprint density at radius 3 is 2.10 bits per heavy atom. The van der Waals surface area contributed by atoms with Crippen LogP contribution in [0.1, 0.15) is 60.7 Å². The van der Waals surface area contributed by atoms with E-state index in [1.807, 2.05) is 19.1 Å². The molecule has 164 valence electrons. The first-order valence-electron chi connectivity index (χ1n) is 11.3. The van der Waals surface area contributed by atoms with E-state index in [1.165, 1.54) is 22.4 Å². The van der Waals surface area contributed by atoms with Crippen molar-refractivity contribution < 1.29 is 4.79 Å². The summed E-state index contributed by atoms with van der Waals surface area (Å²) in [5.74, 6) is 0.938. The molecule has 0 fully saturated rings. The summed E-state index contributed by atoms with van der Waals surface area (Å²) >= 11 is 0. The van der Waals surface area contributed by atoms with E-state index in [0.717, 1.165) is 25.1 Å². The standard InChI is InChI=1S/C27H35N3O/c1-20(2)19-30-22(4)25(21(3)29-30)15-16-27(31)28-18-17-26(23-11-7-5-8-12-23)24-13-9-6-10-14-24/h5-14,20,26H,15-19H2,1-4H3,(H,28,31). The minimum atomic E-state index is 0.107. The highest BCUT2D eigenvalue weighted by atomic mass is 16.1. The maximum absolute atomic E-state index is 12.5. The average Bonchev–Trinajstić information content (AvgIpc) is 3.02. The number of nitrogens with zero attached hydrogens (tertiary/aromatic N) is 2. The zero-order chi connectivity index (χ0) is 22.2. The van der Waals surface area contributed by atoms with Crippen LogP contribution in [0.25, 0.3) is 0 Å². The van der Waals surface area contributed by atoms with E-state index in [1.54, 1.807) is 0 Å². The Labute approximate surface area is 186 Å². The van der Waals surface area contributed by atoms with Gasteiger partial charge >= 0.3 is 0 Å². The Hall–Kier alpha value is -2.88. The van der Waals surface area contributed by atoms with Gasteiger partial charge in [-0.15, -0.1) is 0 Å². The highest BCUT2D eigenvalue weighted by molar-refractivity contribution is 5.76. The number of carbonyl (C=O) groups excluding carboxylic acids is 1. The number of rotatable bonds is 10. The summed E-state index contributed by atoms with van der Waals surface area (Å²) in [6, 6.07) is 21.1. The van der Waals surface area contributed by atoms with Gasteiger partial charge in [0.25, 0.3) is 0 Å². The monoisotopic (exact) mass is 417 g/mol. The molecule has 0 aliphatic heterocycles. The number of hydrogen-bond donors (Lipinski definition) is 1. The molecule has 0 saturated heterocycles. The van der Waals surface area contributed by atoms with Crippen LogP contribution in [0.3, 0.4) is 0 Å². The van der Waals surface area contributed by atoms with Crippen molar-refractivity contribution in [2.24, 2.45) is 5.92 Å². The lowest BCUT2D eigenvalue weighted by atomic mass is 9.88. The molecular formula is C27H35N3O. The number of nitrogens with one attached hydrogen (secondary N) is 1. The normalized spacial score (nSPS) is 11.3. The Morgan fingerprint density at radius 1 is 0.968 bits per heavy atom. The second kappa shape index (κ2) is 10.9. The van der Waals surface area contributed by atoms with Crippen LogP contribution >= 0.6 is 0 Å². The molecule has 1 N–H and O–H groups in total. The van der Waals surface area contributed by atoms with Gasteiger partial charge in [-0.25, -0.2) is 0 Å². The number of carbonyl (C=O) groups is 1. The van der Waals surface area contributed by atoms with Crippen LogP contribution < -0.4 is 5.32 Å². The van der Waals surface area contributed by atoms with Crippen molar-refractivity contribution in [3.05, 3.63) is 88.7 Å². The lowest BCUT2D eigenvalue weighted by Crippen LogP contribution is -2.26. The Balaban J connectivity index is 1.55. The fraction of sp³-hybridized carbons (Fsp3) is 0.407. The molecule has 3 rings (SSSR count). The van der Waals surface area contributed by atoms with Crippen LogP contribution in [0.5, 0.6) is 0 Å². The maximum Gasteiger partial charge on any atom is 0.220 e. The Kier molecular flexibility index (Phi) is 8.05. The van der Waals surface area contributed by atoms with E-state index in [0.29, 0.717) is 18.9 Å². The van der Waals surface area contributed by atoms with Crippen molar-refractivity contribution in [2.45, 2.75) is 59.4 Å². The summed E-state index contributed by atoms with van der Waals surface area (Å²) in [4.78, 5) is 12.5. The van der Waals surface area contributed by atoms with Gasteiger partial charge in [0, 0.05) is 31.1 Å². The summed E-state index contributed by atoms with van der Waals surface area (Å²) in [5.41, 5.74) is 6.01. The van der Waals surface area contributed by atoms with Gasteiger partial charge in [-0.2, -0.15) is 5.10 Å². The second-order valence-electron chi connectivity index (χ2n) is 8.74. The van der Waals surface area contributed by atoms with Crippen molar-refractivity contribution in [3.8, 4) is 0 Å². The fourth-order valence-electron chi connectivity index (χ4n) is 4.20. The lowest BCUT2D eigenvalue weighted by molar-refractivity contribution is -0.121. The van der Waals surface area contributed by atoms with Crippen LogP contribution in [0.15, 0.2) is 60.7 Å². The molecule has 4 nitrogen and oxygen atoms in total. The molecule has 1 amide bonds. The maximum atomic E-state index is 12.5. The molecule has 0 bridgehead atoms. The summed E-state index contributed by atoms with van der Waals surface area (Å²) in [6.07, 6.45) is 2.11. The quantitative estimate of drug-likeness (QED) is 0.478. The molecule has 0 atom stereocenters. The molecule has 3 aromatic rings. The predicted molar refractivity (Wildman–Crippen MR) is 127 cm³/mol.